The highest BCUT2D eigenvalue weighted by atomic mass is 32.2. The first-order chi connectivity index (χ1) is 15.6. The standard InChI is InChI=1S/C22H23N3O6S2/c1-31-20-12-7-17(22(26)25-18-8-10-19(11-9-18)32(23,27)28)15-21(20)33(29,30)24-14-13-16-5-3-2-4-6-16/h2-12,15,24H,13-14H2,1H3,(H,25,26)(H2,23,27,28). The molecule has 33 heavy (non-hydrogen) atoms. The van der Waals surface area contributed by atoms with Gasteiger partial charge in [-0.3, -0.25) is 4.79 Å². The van der Waals surface area contributed by atoms with E-state index in [2.05, 4.69) is 10.0 Å². The number of nitrogens with one attached hydrogen (secondary N) is 2. The Morgan fingerprint density at radius 1 is 0.939 bits per heavy atom. The molecule has 3 aromatic carbocycles. The molecule has 174 valence electrons. The van der Waals surface area contributed by atoms with E-state index in [1.165, 1.54) is 49.6 Å². The molecule has 0 unspecified atom stereocenters. The summed E-state index contributed by atoms with van der Waals surface area (Å²) in [5, 5.41) is 7.65. The number of benzene rings is 3. The van der Waals surface area contributed by atoms with Gasteiger partial charge in [0, 0.05) is 17.8 Å². The van der Waals surface area contributed by atoms with Crippen LogP contribution in [0.25, 0.3) is 0 Å². The second-order valence-corrected chi connectivity index (χ2v) is 10.3. The topological polar surface area (TPSA) is 145 Å². The summed E-state index contributed by atoms with van der Waals surface area (Å²) in [6, 6.07) is 18.7. The zero-order chi connectivity index (χ0) is 24.1. The maximum atomic E-state index is 12.9. The third kappa shape index (κ3) is 6.39. The monoisotopic (exact) mass is 489 g/mol. The maximum absolute atomic E-state index is 12.9. The summed E-state index contributed by atoms with van der Waals surface area (Å²) in [6.45, 7) is 0.169. The number of ether oxygens (including phenoxy) is 1. The number of carbonyl (C=O) groups is 1. The number of anilines is 1. The summed E-state index contributed by atoms with van der Waals surface area (Å²) in [5.74, 6) is -0.488. The van der Waals surface area contributed by atoms with Crippen LogP contribution >= 0.6 is 0 Å². The number of methoxy groups -OCH3 is 1. The fraction of sp³-hybridized carbons (Fsp3) is 0.136. The molecule has 0 aliphatic carbocycles. The van der Waals surface area contributed by atoms with Crippen LogP contribution in [0.15, 0.2) is 82.6 Å². The van der Waals surface area contributed by atoms with Crippen LogP contribution in [-0.2, 0) is 26.5 Å². The molecule has 0 aliphatic heterocycles. The summed E-state index contributed by atoms with van der Waals surface area (Å²) in [5.41, 5.74) is 1.37. The highest BCUT2D eigenvalue weighted by Crippen LogP contribution is 2.25. The molecule has 0 fully saturated rings. The van der Waals surface area contributed by atoms with Crippen molar-refractivity contribution in [2.75, 3.05) is 19.0 Å². The molecule has 3 rings (SSSR count). The van der Waals surface area contributed by atoms with Crippen molar-refractivity contribution in [2.24, 2.45) is 5.14 Å². The summed E-state index contributed by atoms with van der Waals surface area (Å²) >= 11 is 0. The fourth-order valence-corrected chi connectivity index (χ4v) is 4.75. The quantitative estimate of drug-likeness (QED) is 0.420. The van der Waals surface area contributed by atoms with E-state index in [-0.39, 0.29) is 27.6 Å². The van der Waals surface area contributed by atoms with Gasteiger partial charge in [-0.05, 0) is 54.4 Å². The lowest BCUT2D eigenvalue weighted by Gasteiger charge is -2.13. The summed E-state index contributed by atoms with van der Waals surface area (Å²) in [6.07, 6.45) is 0.497. The van der Waals surface area contributed by atoms with Gasteiger partial charge in [0.1, 0.15) is 10.6 Å². The lowest BCUT2D eigenvalue weighted by Crippen LogP contribution is -2.27. The van der Waals surface area contributed by atoms with E-state index in [4.69, 9.17) is 9.88 Å². The lowest BCUT2D eigenvalue weighted by atomic mass is 10.2. The molecule has 0 spiro atoms. The number of amides is 1. The Hall–Kier alpha value is -3.25. The van der Waals surface area contributed by atoms with Gasteiger partial charge >= 0.3 is 0 Å². The van der Waals surface area contributed by atoms with Crippen molar-refractivity contribution >= 4 is 31.6 Å². The lowest BCUT2D eigenvalue weighted by molar-refractivity contribution is 0.102. The average molecular weight is 490 g/mol. The minimum Gasteiger partial charge on any atom is -0.495 e. The van der Waals surface area contributed by atoms with Crippen LogP contribution in [0, 0.1) is 0 Å². The zero-order valence-electron chi connectivity index (χ0n) is 17.7. The second kappa shape index (κ2) is 10.1. The number of hydrogen-bond donors (Lipinski definition) is 3. The molecule has 0 saturated carbocycles. The number of sulfonamides is 2. The van der Waals surface area contributed by atoms with E-state index in [1.807, 2.05) is 30.3 Å². The first-order valence-electron chi connectivity index (χ1n) is 9.76. The zero-order valence-corrected chi connectivity index (χ0v) is 19.3. The summed E-state index contributed by atoms with van der Waals surface area (Å²) in [4.78, 5) is 12.4. The van der Waals surface area contributed by atoms with Gasteiger partial charge in [-0.25, -0.2) is 26.7 Å². The number of carbonyl (C=O) groups excluding carboxylic acids is 1. The first kappa shape index (κ1) is 24.4. The molecule has 1 amide bonds. The van der Waals surface area contributed by atoms with E-state index in [9.17, 15) is 21.6 Å². The number of hydrogen-bond acceptors (Lipinski definition) is 6. The van der Waals surface area contributed by atoms with Gasteiger partial charge in [-0.2, -0.15) is 0 Å². The van der Waals surface area contributed by atoms with Crippen molar-refractivity contribution in [1.82, 2.24) is 4.72 Å². The first-order valence-corrected chi connectivity index (χ1v) is 12.8. The highest BCUT2D eigenvalue weighted by Gasteiger charge is 2.21. The van der Waals surface area contributed by atoms with E-state index < -0.39 is 26.0 Å². The molecule has 9 nitrogen and oxygen atoms in total. The van der Waals surface area contributed by atoms with Crippen molar-refractivity contribution in [1.29, 1.82) is 0 Å². The fourth-order valence-electron chi connectivity index (χ4n) is 3.01. The van der Waals surface area contributed by atoms with Crippen molar-refractivity contribution in [2.45, 2.75) is 16.2 Å². The van der Waals surface area contributed by atoms with E-state index in [0.29, 0.717) is 12.1 Å². The van der Waals surface area contributed by atoms with Crippen LogP contribution in [0.3, 0.4) is 0 Å². The molecule has 3 aromatic rings. The Balaban J connectivity index is 1.77. The molecule has 0 saturated heterocycles. The Morgan fingerprint density at radius 3 is 2.21 bits per heavy atom. The Labute approximate surface area is 192 Å². The van der Waals surface area contributed by atoms with E-state index in [1.54, 1.807) is 0 Å². The van der Waals surface area contributed by atoms with E-state index in [0.717, 1.165) is 5.56 Å². The minimum absolute atomic E-state index is 0.0785. The van der Waals surface area contributed by atoms with Gasteiger partial charge < -0.3 is 10.1 Å². The van der Waals surface area contributed by atoms with Gasteiger partial charge in [-0.1, -0.05) is 30.3 Å². The SMILES string of the molecule is COc1ccc(C(=O)Nc2ccc(S(N)(=O)=O)cc2)cc1S(=O)(=O)NCCc1ccccc1. The van der Waals surface area contributed by atoms with E-state index >= 15 is 0 Å². The predicted molar refractivity (Wildman–Crippen MR) is 124 cm³/mol. The normalized spacial score (nSPS) is 11.7. The van der Waals surface area contributed by atoms with Gasteiger partial charge in [0.25, 0.3) is 5.91 Å². The van der Waals surface area contributed by atoms with Crippen LogP contribution in [0.2, 0.25) is 0 Å². The van der Waals surface area contributed by atoms with Crippen LogP contribution in [0.5, 0.6) is 5.75 Å². The molecule has 0 atom stereocenters. The largest absolute Gasteiger partial charge is 0.495 e. The Morgan fingerprint density at radius 2 is 1.61 bits per heavy atom. The molecule has 0 radical (unpaired) electrons. The third-order valence-electron chi connectivity index (χ3n) is 4.70. The van der Waals surface area contributed by atoms with Crippen molar-refractivity contribution in [3.63, 3.8) is 0 Å². The maximum Gasteiger partial charge on any atom is 0.255 e. The van der Waals surface area contributed by atoms with Gasteiger partial charge in [0.05, 0.1) is 12.0 Å². The third-order valence-corrected chi connectivity index (χ3v) is 7.12. The van der Waals surface area contributed by atoms with Crippen LogP contribution in [0.1, 0.15) is 15.9 Å². The molecule has 0 heterocycles. The van der Waals surface area contributed by atoms with Gasteiger partial charge in [0.15, 0.2) is 0 Å². The summed E-state index contributed by atoms with van der Waals surface area (Å²) in [7, 11) is -6.48. The van der Waals surface area contributed by atoms with Crippen LogP contribution in [0.4, 0.5) is 5.69 Å². The van der Waals surface area contributed by atoms with Gasteiger partial charge in [0.2, 0.25) is 20.0 Å². The van der Waals surface area contributed by atoms with Crippen molar-refractivity contribution < 1.29 is 26.4 Å². The highest BCUT2D eigenvalue weighted by molar-refractivity contribution is 7.89. The number of primary sulfonamides is 1. The average Bonchev–Trinajstić information content (AvgIpc) is 2.79. The summed E-state index contributed by atoms with van der Waals surface area (Å²) < 4.78 is 56.2. The smallest absolute Gasteiger partial charge is 0.255 e. The van der Waals surface area contributed by atoms with Crippen LogP contribution < -0.4 is 19.9 Å². The number of nitrogens with two attached hydrogens (primary N) is 1. The number of rotatable bonds is 9. The molecule has 0 aliphatic rings. The molecule has 0 bridgehead atoms. The van der Waals surface area contributed by atoms with Crippen molar-refractivity contribution in [3.05, 3.63) is 83.9 Å². The molecular weight excluding hydrogens is 466 g/mol. The van der Waals surface area contributed by atoms with Gasteiger partial charge in [-0.15, -0.1) is 0 Å². The van der Waals surface area contributed by atoms with Crippen LogP contribution in [-0.4, -0.2) is 36.4 Å². The molecular formula is C22H23N3O6S2. The molecule has 0 aromatic heterocycles. The van der Waals surface area contributed by atoms with Crippen molar-refractivity contribution in [3.8, 4) is 5.75 Å². The molecule has 4 N–H and O–H groups in total. The second-order valence-electron chi connectivity index (χ2n) is 7.02. The minimum atomic E-state index is -3.96. The predicted octanol–water partition coefficient (Wildman–Crippen LogP) is 2.12. The Bertz CT molecular complexity index is 1340. The molecule has 11 heteroatoms. The Kier molecular flexibility index (Phi) is 7.49.